The molecule has 0 bridgehead atoms. The molecule has 0 aliphatic carbocycles. The van der Waals surface area contributed by atoms with E-state index in [9.17, 15) is 14.7 Å². The fraction of sp³-hybridized carbons (Fsp3) is 0.500. The average Bonchev–Trinajstić information content (AvgIpc) is 2.76. The van der Waals surface area contributed by atoms with Crippen molar-refractivity contribution in [3.05, 3.63) is 29.8 Å². The molecule has 1 saturated heterocycles. The molecule has 1 aliphatic rings. The molecule has 1 amide bonds. The van der Waals surface area contributed by atoms with E-state index in [4.69, 9.17) is 4.74 Å². The van der Waals surface area contributed by atoms with Crippen molar-refractivity contribution in [1.82, 2.24) is 4.90 Å². The maximum Gasteiger partial charge on any atom is 0.309 e. The summed E-state index contributed by atoms with van der Waals surface area (Å²) in [5.74, 6) is -0.690. The van der Waals surface area contributed by atoms with E-state index in [-0.39, 0.29) is 12.3 Å². The number of hydrogen-bond acceptors (Lipinski definition) is 3. The third kappa shape index (κ3) is 3.17. The molecule has 2 rings (SSSR count). The molecule has 1 aromatic rings. The van der Waals surface area contributed by atoms with Gasteiger partial charge in [0, 0.05) is 13.0 Å². The van der Waals surface area contributed by atoms with Gasteiger partial charge in [0.25, 0.3) is 0 Å². The van der Waals surface area contributed by atoms with Crippen molar-refractivity contribution in [1.29, 1.82) is 0 Å². The fourth-order valence-corrected chi connectivity index (χ4v) is 2.83. The molecule has 0 radical (unpaired) electrons. The molecule has 2 atom stereocenters. The molecule has 0 unspecified atom stereocenters. The lowest BCUT2D eigenvalue weighted by Crippen LogP contribution is -2.33. The van der Waals surface area contributed by atoms with Crippen LogP contribution >= 0.6 is 0 Å². The highest BCUT2D eigenvalue weighted by Crippen LogP contribution is 2.39. The molecule has 0 aromatic heterocycles. The van der Waals surface area contributed by atoms with Gasteiger partial charge in [-0.25, -0.2) is 0 Å². The molecule has 1 heterocycles. The number of methoxy groups -OCH3 is 1. The predicted octanol–water partition coefficient (Wildman–Crippen LogP) is 2.33. The minimum Gasteiger partial charge on any atom is -0.497 e. The van der Waals surface area contributed by atoms with Gasteiger partial charge in [0.2, 0.25) is 5.91 Å². The van der Waals surface area contributed by atoms with E-state index in [1.54, 1.807) is 24.1 Å². The quantitative estimate of drug-likeness (QED) is 0.904. The number of carbonyl (C=O) groups excluding carboxylic acids is 1. The van der Waals surface area contributed by atoms with Crippen molar-refractivity contribution in [3.63, 3.8) is 0 Å². The van der Waals surface area contributed by atoms with Crippen LogP contribution in [0.1, 0.15) is 31.9 Å². The first-order chi connectivity index (χ1) is 9.93. The SMILES string of the molecule is COc1ccc([C@@H]2[C@@H](C(=O)O)CC(=O)N2CC(C)C)cc1. The van der Waals surface area contributed by atoms with E-state index in [0.29, 0.717) is 18.2 Å². The van der Waals surface area contributed by atoms with E-state index < -0.39 is 17.9 Å². The third-order valence-electron chi connectivity index (χ3n) is 3.77. The second-order valence-corrected chi connectivity index (χ2v) is 5.81. The van der Waals surface area contributed by atoms with Crippen LogP contribution in [0.25, 0.3) is 0 Å². The maximum absolute atomic E-state index is 12.2. The van der Waals surface area contributed by atoms with Gasteiger partial charge in [0.15, 0.2) is 0 Å². The van der Waals surface area contributed by atoms with Gasteiger partial charge in [-0.3, -0.25) is 9.59 Å². The van der Waals surface area contributed by atoms with Crippen LogP contribution in [0.4, 0.5) is 0 Å². The first-order valence-corrected chi connectivity index (χ1v) is 7.10. The molecule has 1 aliphatic heterocycles. The predicted molar refractivity (Wildman–Crippen MR) is 78.0 cm³/mol. The molecule has 114 valence electrons. The molecule has 0 spiro atoms. The van der Waals surface area contributed by atoms with Crippen LogP contribution in [0.15, 0.2) is 24.3 Å². The Morgan fingerprint density at radius 3 is 2.48 bits per heavy atom. The van der Waals surface area contributed by atoms with E-state index in [1.807, 2.05) is 26.0 Å². The van der Waals surface area contributed by atoms with Gasteiger partial charge in [-0.05, 0) is 23.6 Å². The van der Waals surface area contributed by atoms with Gasteiger partial charge < -0.3 is 14.7 Å². The number of hydrogen-bond donors (Lipinski definition) is 1. The van der Waals surface area contributed by atoms with Gasteiger partial charge in [-0.2, -0.15) is 0 Å². The number of carboxylic acids is 1. The monoisotopic (exact) mass is 291 g/mol. The number of carboxylic acid groups (broad SMARTS) is 1. The zero-order valence-electron chi connectivity index (χ0n) is 12.6. The Morgan fingerprint density at radius 1 is 1.38 bits per heavy atom. The van der Waals surface area contributed by atoms with Crippen LogP contribution in [-0.2, 0) is 9.59 Å². The lowest BCUT2D eigenvalue weighted by molar-refractivity contribution is -0.142. The number of rotatable bonds is 5. The summed E-state index contributed by atoms with van der Waals surface area (Å²) < 4.78 is 5.12. The summed E-state index contributed by atoms with van der Waals surface area (Å²) in [6, 6.07) is 6.87. The minimum absolute atomic E-state index is 0.0682. The Bertz CT molecular complexity index is 524. The normalized spacial score (nSPS) is 21.9. The lowest BCUT2D eigenvalue weighted by Gasteiger charge is -2.28. The Hall–Kier alpha value is -2.04. The summed E-state index contributed by atoms with van der Waals surface area (Å²) in [5.41, 5.74) is 0.842. The average molecular weight is 291 g/mol. The van der Waals surface area contributed by atoms with Gasteiger partial charge in [-0.15, -0.1) is 0 Å². The summed E-state index contributed by atoms with van der Waals surface area (Å²) in [5, 5.41) is 9.41. The van der Waals surface area contributed by atoms with Crippen LogP contribution in [0.3, 0.4) is 0 Å². The number of nitrogens with zero attached hydrogens (tertiary/aromatic N) is 1. The van der Waals surface area contributed by atoms with Crippen molar-refractivity contribution in [3.8, 4) is 5.75 Å². The largest absolute Gasteiger partial charge is 0.497 e. The van der Waals surface area contributed by atoms with Crippen LogP contribution in [0.5, 0.6) is 5.75 Å². The highest BCUT2D eigenvalue weighted by Gasteiger charge is 2.44. The van der Waals surface area contributed by atoms with E-state index >= 15 is 0 Å². The second kappa shape index (κ2) is 6.16. The van der Waals surface area contributed by atoms with Crippen molar-refractivity contribution >= 4 is 11.9 Å². The number of carbonyl (C=O) groups is 2. The van der Waals surface area contributed by atoms with Gasteiger partial charge >= 0.3 is 5.97 Å². The molecule has 21 heavy (non-hydrogen) atoms. The smallest absolute Gasteiger partial charge is 0.309 e. The standard InChI is InChI=1S/C16H21NO4/c1-10(2)9-17-14(18)8-13(16(19)20)15(17)11-4-6-12(21-3)7-5-11/h4-7,10,13,15H,8-9H2,1-3H3,(H,19,20)/t13-,15+/m0/s1. The summed E-state index contributed by atoms with van der Waals surface area (Å²) in [7, 11) is 1.58. The zero-order chi connectivity index (χ0) is 15.6. The number of likely N-dealkylation sites (tertiary alicyclic amines) is 1. The third-order valence-corrected chi connectivity index (χ3v) is 3.77. The van der Waals surface area contributed by atoms with Crippen LogP contribution < -0.4 is 4.74 Å². The molecule has 5 nitrogen and oxygen atoms in total. The number of amides is 1. The summed E-state index contributed by atoms with van der Waals surface area (Å²) >= 11 is 0. The molecular weight excluding hydrogens is 270 g/mol. The van der Waals surface area contributed by atoms with Crippen LogP contribution in [0, 0.1) is 11.8 Å². The first-order valence-electron chi connectivity index (χ1n) is 7.10. The second-order valence-electron chi connectivity index (χ2n) is 5.81. The molecule has 5 heteroatoms. The first kappa shape index (κ1) is 15.4. The van der Waals surface area contributed by atoms with Gasteiger partial charge in [0.1, 0.15) is 5.75 Å². The summed E-state index contributed by atoms with van der Waals surface area (Å²) in [6.45, 7) is 4.61. The zero-order valence-corrected chi connectivity index (χ0v) is 12.6. The van der Waals surface area contributed by atoms with E-state index in [0.717, 1.165) is 5.56 Å². The molecular formula is C16H21NO4. The van der Waals surface area contributed by atoms with E-state index in [1.165, 1.54) is 0 Å². The molecule has 1 N–H and O–H groups in total. The number of benzene rings is 1. The number of ether oxygens (including phenoxy) is 1. The fourth-order valence-electron chi connectivity index (χ4n) is 2.83. The van der Waals surface area contributed by atoms with Gasteiger partial charge in [0.05, 0.1) is 19.1 Å². The highest BCUT2D eigenvalue weighted by atomic mass is 16.5. The summed E-state index contributed by atoms with van der Waals surface area (Å²) in [4.78, 5) is 25.4. The van der Waals surface area contributed by atoms with Crippen molar-refractivity contribution in [2.45, 2.75) is 26.3 Å². The van der Waals surface area contributed by atoms with Crippen molar-refractivity contribution in [2.24, 2.45) is 11.8 Å². The Kier molecular flexibility index (Phi) is 4.50. The van der Waals surface area contributed by atoms with Crippen LogP contribution in [0.2, 0.25) is 0 Å². The highest BCUT2D eigenvalue weighted by molar-refractivity contribution is 5.87. The summed E-state index contributed by atoms with van der Waals surface area (Å²) in [6.07, 6.45) is 0.0682. The molecule has 1 fully saturated rings. The lowest BCUT2D eigenvalue weighted by atomic mass is 9.93. The van der Waals surface area contributed by atoms with Gasteiger partial charge in [-0.1, -0.05) is 26.0 Å². The molecule has 1 aromatic carbocycles. The molecule has 0 saturated carbocycles. The van der Waals surface area contributed by atoms with Crippen molar-refractivity contribution < 1.29 is 19.4 Å². The minimum atomic E-state index is -0.921. The number of aliphatic carboxylic acids is 1. The topological polar surface area (TPSA) is 66.8 Å². The van der Waals surface area contributed by atoms with Crippen molar-refractivity contribution in [2.75, 3.05) is 13.7 Å². The van der Waals surface area contributed by atoms with Crippen LogP contribution in [-0.4, -0.2) is 35.5 Å². The Balaban J connectivity index is 2.35. The Labute approximate surface area is 124 Å². The van der Waals surface area contributed by atoms with E-state index in [2.05, 4.69) is 0 Å². The Morgan fingerprint density at radius 2 is 2.00 bits per heavy atom. The maximum atomic E-state index is 12.2.